The van der Waals surface area contributed by atoms with Gasteiger partial charge in [-0.1, -0.05) is 50.1 Å². The first-order valence-corrected chi connectivity index (χ1v) is 8.18. The van der Waals surface area contributed by atoms with Crippen molar-refractivity contribution in [2.75, 3.05) is 0 Å². The number of ether oxygens (including phenoxy) is 1. The molecule has 1 aromatic carbocycles. The monoisotopic (exact) mass is 273 g/mol. The second-order valence-electron chi connectivity index (χ2n) is 6.75. The van der Waals surface area contributed by atoms with Crippen LogP contribution in [0, 0.1) is 0 Å². The molecule has 0 bridgehead atoms. The maximum Gasteiger partial charge on any atom is 0.0687 e. The van der Waals surface area contributed by atoms with Gasteiger partial charge in [0.05, 0.1) is 11.7 Å². The quantitative estimate of drug-likeness (QED) is 0.895. The Morgan fingerprint density at radius 2 is 1.90 bits per heavy atom. The number of benzene rings is 1. The Morgan fingerprint density at radius 1 is 1.20 bits per heavy atom. The van der Waals surface area contributed by atoms with E-state index in [0.29, 0.717) is 6.10 Å². The Kier molecular flexibility index (Phi) is 3.87. The Labute approximate surface area is 122 Å². The van der Waals surface area contributed by atoms with Gasteiger partial charge in [-0.25, -0.2) is 0 Å². The minimum absolute atomic E-state index is 0.218. The van der Waals surface area contributed by atoms with Gasteiger partial charge in [-0.3, -0.25) is 0 Å². The summed E-state index contributed by atoms with van der Waals surface area (Å²) in [5.74, 6) is 0. The van der Waals surface area contributed by atoms with Crippen LogP contribution in [0.25, 0.3) is 0 Å². The van der Waals surface area contributed by atoms with Crippen LogP contribution in [0.3, 0.4) is 0 Å². The molecule has 1 heterocycles. The van der Waals surface area contributed by atoms with Gasteiger partial charge in [-0.2, -0.15) is 0 Å². The van der Waals surface area contributed by atoms with Gasteiger partial charge >= 0.3 is 0 Å². The normalized spacial score (nSPS) is 27.8. The average Bonchev–Trinajstić information content (AvgIpc) is 3.10. The van der Waals surface area contributed by atoms with Crippen molar-refractivity contribution in [3.63, 3.8) is 0 Å². The smallest absolute Gasteiger partial charge is 0.0687 e. The molecule has 2 aliphatic rings. The molecule has 0 radical (unpaired) electrons. The summed E-state index contributed by atoms with van der Waals surface area (Å²) in [5.41, 5.74) is 7.93. The standard InChI is InChI=1S/C18H27NO/c1-2-18(19,15-8-4-3-5-9-15)14-16-10-13-17(20-16)11-6-7-12-17/h3-5,8-9,16H,2,6-7,10-14,19H2,1H3. The molecule has 0 aromatic heterocycles. The van der Waals surface area contributed by atoms with Crippen LogP contribution in [0.2, 0.25) is 0 Å². The topological polar surface area (TPSA) is 35.2 Å². The summed E-state index contributed by atoms with van der Waals surface area (Å²) in [5, 5.41) is 0. The lowest BCUT2D eigenvalue weighted by molar-refractivity contribution is -0.0468. The van der Waals surface area contributed by atoms with Crippen molar-refractivity contribution in [2.24, 2.45) is 5.73 Å². The molecular formula is C18H27NO. The van der Waals surface area contributed by atoms with E-state index < -0.39 is 0 Å². The molecule has 1 saturated carbocycles. The Hall–Kier alpha value is -0.860. The molecule has 1 aromatic rings. The van der Waals surface area contributed by atoms with E-state index in [0.717, 1.165) is 12.8 Å². The van der Waals surface area contributed by atoms with Crippen molar-refractivity contribution in [3.8, 4) is 0 Å². The molecule has 1 aliphatic carbocycles. The molecule has 2 fully saturated rings. The maximum atomic E-state index is 6.71. The zero-order valence-corrected chi connectivity index (χ0v) is 12.6. The summed E-state index contributed by atoms with van der Waals surface area (Å²) in [4.78, 5) is 0. The van der Waals surface area contributed by atoms with Crippen molar-refractivity contribution < 1.29 is 4.74 Å². The average molecular weight is 273 g/mol. The molecule has 2 heteroatoms. The molecule has 1 saturated heterocycles. The molecule has 3 rings (SSSR count). The number of hydrogen-bond acceptors (Lipinski definition) is 2. The van der Waals surface area contributed by atoms with Crippen molar-refractivity contribution in [3.05, 3.63) is 35.9 Å². The van der Waals surface area contributed by atoms with Crippen LogP contribution in [-0.4, -0.2) is 11.7 Å². The number of hydrogen-bond donors (Lipinski definition) is 1. The van der Waals surface area contributed by atoms with E-state index in [1.165, 1.54) is 44.1 Å². The van der Waals surface area contributed by atoms with Crippen molar-refractivity contribution in [2.45, 2.75) is 75.5 Å². The molecule has 110 valence electrons. The predicted octanol–water partition coefficient (Wildman–Crippen LogP) is 4.13. The molecule has 0 amide bonds. The Balaban J connectivity index is 1.70. The van der Waals surface area contributed by atoms with Crippen LogP contribution in [-0.2, 0) is 10.3 Å². The fourth-order valence-corrected chi connectivity index (χ4v) is 4.07. The summed E-state index contributed by atoms with van der Waals surface area (Å²) in [7, 11) is 0. The van der Waals surface area contributed by atoms with Gasteiger partial charge in [-0.15, -0.1) is 0 Å². The molecule has 2 nitrogen and oxygen atoms in total. The summed E-state index contributed by atoms with van der Waals surface area (Å²) in [6, 6.07) is 10.5. The van der Waals surface area contributed by atoms with Crippen LogP contribution >= 0.6 is 0 Å². The molecule has 2 atom stereocenters. The molecule has 1 aliphatic heterocycles. The summed E-state index contributed by atoms with van der Waals surface area (Å²) in [6.07, 6.45) is 9.90. The van der Waals surface area contributed by atoms with Gasteiger partial charge in [0.1, 0.15) is 0 Å². The molecule has 2 N–H and O–H groups in total. The minimum atomic E-state index is -0.240. The van der Waals surface area contributed by atoms with Crippen LogP contribution in [0.1, 0.15) is 63.9 Å². The zero-order chi connectivity index (χ0) is 14.1. The first-order chi connectivity index (χ1) is 9.66. The van der Waals surface area contributed by atoms with E-state index in [4.69, 9.17) is 10.5 Å². The van der Waals surface area contributed by atoms with E-state index in [2.05, 4.69) is 37.3 Å². The van der Waals surface area contributed by atoms with Gasteiger partial charge in [-0.05, 0) is 44.1 Å². The highest BCUT2D eigenvalue weighted by molar-refractivity contribution is 5.24. The largest absolute Gasteiger partial charge is 0.372 e. The van der Waals surface area contributed by atoms with Crippen LogP contribution in [0.4, 0.5) is 0 Å². The van der Waals surface area contributed by atoms with Gasteiger partial charge < -0.3 is 10.5 Å². The van der Waals surface area contributed by atoms with Gasteiger partial charge in [0, 0.05) is 5.54 Å². The number of rotatable bonds is 4. The molecular weight excluding hydrogens is 246 g/mol. The first kappa shape index (κ1) is 14.1. The highest BCUT2D eigenvalue weighted by Crippen LogP contribution is 2.45. The zero-order valence-electron chi connectivity index (χ0n) is 12.6. The van der Waals surface area contributed by atoms with Crippen LogP contribution in [0.5, 0.6) is 0 Å². The van der Waals surface area contributed by atoms with Gasteiger partial charge in [0.25, 0.3) is 0 Å². The van der Waals surface area contributed by atoms with Crippen molar-refractivity contribution in [1.82, 2.24) is 0 Å². The van der Waals surface area contributed by atoms with Gasteiger partial charge in [0.2, 0.25) is 0 Å². The second kappa shape index (κ2) is 5.50. The molecule has 1 spiro atoms. The van der Waals surface area contributed by atoms with Crippen molar-refractivity contribution >= 4 is 0 Å². The predicted molar refractivity (Wildman–Crippen MR) is 82.5 cm³/mol. The summed E-state index contributed by atoms with van der Waals surface area (Å²) >= 11 is 0. The highest BCUT2D eigenvalue weighted by Gasteiger charge is 2.44. The van der Waals surface area contributed by atoms with E-state index in [-0.39, 0.29) is 11.1 Å². The van der Waals surface area contributed by atoms with Crippen LogP contribution < -0.4 is 5.73 Å². The minimum Gasteiger partial charge on any atom is -0.372 e. The fraction of sp³-hybridized carbons (Fsp3) is 0.667. The lowest BCUT2D eigenvalue weighted by Crippen LogP contribution is -2.40. The van der Waals surface area contributed by atoms with E-state index in [9.17, 15) is 0 Å². The highest BCUT2D eigenvalue weighted by atomic mass is 16.5. The molecule has 20 heavy (non-hydrogen) atoms. The SMILES string of the molecule is CCC(N)(CC1CCC2(CCCC2)O1)c1ccccc1. The third-order valence-electron chi connectivity index (χ3n) is 5.42. The lowest BCUT2D eigenvalue weighted by atomic mass is 9.82. The maximum absolute atomic E-state index is 6.71. The molecule has 2 unspecified atom stereocenters. The van der Waals surface area contributed by atoms with Crippen molar-refractivity contribution in [1.29, 1.82) is 0 Å². The van der Waals surface area contributed by atoms with Crippen LogP contribution in [0.15, 0.2) is 30.3 Å². The Morgan fingerprint density at radius 3 is 2.55 bits per heavy atom. The summed E-state index contributed by atoms with van der Waals surface area (Å²) in [6.45, 7) is 2.19. The fourth-order valence-electron chi connectivity index (χ4n) is 4.07. The van der Waals surface area contributed by atoms with Gasteiger partial charge in [0.15, 0.2) is 0 Å². The van der Waals surface area contributed by atoms with E-state index in [1.807, 2.05) is 0 Å². The lowest BCUT2D eigenvalue weighted by Gasteiger charge is -2.33. The Bertz CT molecular complexity index is 438. The van der Waals surface area contributed by atoms with E-state index in [1.54, 1.807) is 0 Å². The first-order valence-electron chi connectivity index (χ1n) is 8.18. The third-order valence-corrected chi connectivity index (χ3v) is 5.42. The van der Waals surface area contributed by atoms with E-state index >= 15 is 0 Å². The summed E-state index contributed by atoms with van der Waals surface area (Å²) < 4.78 is 6.45. The number of nitrogens with two attached hydrogens (primary N) is 1. The third kappa shape index (κ3) is 2.64. The second-order valence-corrected chi connectivity index (χ2v) is 6.75.